The van der Waals surface area contributed by atoms with Crippen molar-refractivity contribution >= 4 is 5.91 Å². The van der Waals surface area contributed by atoms with Crippen LogP contribution in [0.25, 0.3) is 0 Å². The van der Waals surface area contributed by atoms with Gasteiger partial charge in [-0.3, -0.25) is 4.79 Å². The molecule has 128 valence electrons. The smallest absolute Gasteiger partial charge is 0.251 e. The SMILES string of the molecule is COc1cc(C)c(C(=O)NCCCc2ccccc2)cc1C(C)C. The standard InChI is InChI=1S/C21H27NO2/c1-15(2)18-14-19(16(3)13-20(18)24-4)21(23)22-12-8-11-17-9-6-5-7-10-17/h5-7,9-10,13-15H,8,11-12H2,1-4H3,(H,22,23). The van der Waals surface area contributed by atoms with E-state index in [-0.39, 0.29) is 5.91 Å². The maximum atomic E-state index is 12.5. The molecule has 0 saturated heterocycles. The van der Waals surface area contributed by atoms with E-state index in [1.54, 1.807) is 7.11 Å². The molecule has 0 unspecified atom stereocenters. The van der Waals surface area contributed by atoms with Gasteiger partial charge in [0.25, 0.3) is 5.91 Å². The van der Waals surface area contributed by atoms with Crippen LogP contribution in [0.5, 0.6) is 5.75 Å². The second-order valence-electron chi connectivity index (χ2n) is 6.41. The molecule has 2 rings (SSSR count). The molecule has 0 saturated carbocycles. The fourth-order valence-electron chi connectivity index (χ4n) is 2.81. The minimum absolute atomic E-state index is 0.00915. The molecule has 3 nitrogen and oxygen atoms in total. The molecule has 0 radical (unpaired) electrons. The monoisotopic (exact) mass is 325 g/mol. The van der Waals surface area contributed by atoms with Gasteiger partial charge >= 0.3 is 0 Å². The van der Waals surface area contributed by atoms with E-state index in [9.17, 15) is 4.79 Å². The Bertz CT molecular complexity index is 678. The summed E-state index contributed by atoms with van der Waals surface area (Å²) in [7, 11) is 1.67. The van der Waals surface area contributed by atoms with Crippen LogP contribution in [-0.4, -0.2) is 19.6 Å². The summed E-state index contributed by atoms with van der Waals surface area (Å²) in [6.07, 6.45) is 1.90. The third-order valence-electron chi connectivity index (χ3n) is 4.21. The van der Waals surface area contributed by atoms with Gasteiger partial charge in [0.2, 0.25) is 0 Å². The zero-order valence-electron chi connectivity index (χ0n) is 15.1. The van der Waals surface area contributed by atoms with Gasteiger partial charge in [0, 0.05) is 12.1 Å². The number of benzene rings is 2. The highest BCUT2D eigenvalue weighted by Gasteiger charge is 2.15. The Hall–Kier alpha value is -2.29. The summed E-state index contributed by atoms with van der Waals surface area (Å²) in [4.78, 5) is 12.5. The molecule has 0 atom stereocenters. The van der Waals surface area contributed by atoms with Gasteiger partial charge in [-0.05, 0) is 54.5 Å². The highest BCUT2D eigenvalue weighted by Crippen LogP contribution is 2.29. The predicted octanol–water partition coefficient (Wildman–Crippen LogP) is 4.49. The Balaban J connectivity index is 1.98. The average molecular weight is 325 g/mol. The molecule has 1 amide bonds. The first-order valence-electron chi connectivity index (χ1n) is 8.53. The van der Waals surface area contributed by atoms with Crippen molar-refractivity contribution in [3.63, 3.8) is 0 Å². The highest BCUT2D eigenvalue weighted by molar-refractivity contribution is 5.96. The van der Waals surface area contributed by atoms with Crippen molar-refractivity contribution in [2.45, 2.75) is 39.5 Å². The maximum absolute atomic E-state index is 12.5. The summed E-state index contributed by atoms with van der Waals surface area (Å²) in [6.45, 7) is 6.84. The van der Waals surface area contributed by atoms with Gasteiger partial charge < -0.3 is 10.1 Å². The number of nitrogens with one attached hydrogen (secondary N) is 1. The maximum Gasteiger partial charge on any atom is 0.251 e. The molecule has 2 aromatic carbocycles. The number of amides is 1. The lowest BCUT2D eigenvalue weighted by Gasteiger charge is -2.16. The Morgan fingerprint density at radius 2 is 1.88 bits per heavy atom. The molecular weight excluding hydrogens is 298 g/mol. The van der Waals surface area contributed by atoms with E-state index in [2.05, 4.69) is 31.3 Å². The summed E-state index contributed by atoms with van der Waals surface area (Å²) in [6, 6.07) is 14.3. The number of methoxy groups -OCH3 is 1. The van der Waals surface area contributed by atoms with E-state index in [1.807, 2.05) is 37.3 Å². The van der Waals surface area contributed by atoms with E-state index in [4.69, 9.17) is 4.74 Å². The van der Waals surface area contributed by atoms with Crippen LogP contribution in [0.3, 0.4) is 0 Å². The average Bonchev–Trinajstić information content (AvgIpc) is 2.58. The van der Waals surface area contributed by atoms with E-state index in [0.717, 1.165) is 35.3 Å². The first-order chi connectivity index (χ1) is 11.5. The highest BCUT2D eigenvalue weighted by atomic mass is 16.5. The van der Waals surface area contributed by atoms with E-state index < -0.39 is 0 Å². The molecule has 0 bridgehead atoms. The third kappa shape index (κ3) is 4.60. The quantitative estimate of drug-likeness (QED) is 0.762. The zero-order valence-corrected chi connectivity index (χ0v) is 15.1. The fraction of sp³-hybridized carbons (Fsp3) is 0.381. The Labute approximate surface area is 145 Å². The topological polar surface area (TPSA) is 38.3 Å². The third-order valence-corrected chi connectivity index (χ3v) is 4.21. The van der Waals surface area contributed by atoms with Crippen molar-refractivity contribution in [3.8, 4) is 5.75 Å². The van der Waals surface area contributed by atoms with Gasteiger partial charge in [-0.25, -0.2) is 0 Å². The van der Waals surface area contributed by atoms with Gasteiger partial charge in [-0.1, -0.05) is 44.2 Å². The van der Waals surface area contributed by atoms with Crippen molar-refractivity contribution in [2.75, 3.05) is 13.7 Å². The van der Waals surface area contributed by atoms with Crippen LogP contribution in [-0.2, 0) is 6.42 Å². The minimum Gasteiger partial charge on any atom is -0.496 e. The lowest BCUT2D eigenvalue weighted by Crippen LogP contribution is -2.25. The first-order valence-corrected chi connectivity index (χ1v) is 8.53. The zero-order chi connectivity index (χ0) is 17.5. The number of carbonyl (C=O) groups excluding carboxylic acids is 1. The molecule has 2 aromatic rings. The van der Waals surface area contributed by atoms with Crippen LogP contribution < -0.4 is 10.1 Å². The Kier molecular flexibility index (Phi) is 6.42. The number of hydrogen-bond acceptors (Lipinski definition) is 2. The van der Waals surface area contributed by atoms with Crippen molar-refractivity contribution < 1.29 is 9.53 Å². The van der Waals surface area contributed by atoms with Crippen molar-refractivity contribution in [2.24, 2.45) is 0 Å². The summed E-state index contributed by atoms with van der Waals surface area (Å²) >= 11 is 0. The molecule has 0 aliphatic carbocycles. The molecule has 1 N–H and O–H groups in total. The van der Waals surface area contributed by atoms with Gasteiger partial charge in [-0.2, -0.15) is 0 Å². The van der Waals surface area contributed by atoms with Crippen molar-refractivity contribution in [1.82, 2.24) is 5.32 Å². The molecular formula is C21H27NO2. The molecule has 0 aliphatic heterocycles. The number of aryl methyl sites for hydroxylation is 2. The molecule has 0 fully saturated rings. The number of hydrogen-bond donors (Lipinski definition) is 1. The largest absolute Gasteiger partial charge is 0.496 e. The van der Waals surface area contributed by atoms with Crippen LogP contribution >= 0.6 is 0 Å². The molecule has 0 aliphatic rings. The van der Waals surface area contributed by atoms with Crippen LogP contribution in [0.4, 0.5) is 0 Å². The normalized spacial score (nSPS) is 10.7. The molecule has 3 heteroatoms. The van der Waals surface area contributed by atoms with Crippen LogP contribution in [0.2, 0.25) is 0 Å². The lowest BCUT2D eigenvalue weighted by molar-refractivity contribution is 0.0952. The second kappa shape index (κ2) is 8.53. The molecule has 0 spiro atoms. The van der Waals surface area contributed by atoms with Crippen LogP contribution in [0, 0.1) is 6.92 Å². The van der Waals surface area contributed by atoms with Gasteiger partial charge in [0.15, 0.2) is 0 Å². The van der Waals surface area contributed by atoms with Gasteiger partial charge in [0.05, 0.1) is 7.11 Å². The van der Waals surface area contributed by atoms with E-state index in [1.165, 1.54) is 5.56 Å². The lowest BCUT2D eigenvalue weighted by atomic mass is 9.96. The predicted molar refractivity (Wildman–Crippen MR) is 98.9 cm³/mol. The minimum atomic E-state index is -0.00915. The first kappa shape index (κ1) is 18.1. The van der Waals surface area contributed by atoms with Crippen LogP contribution in [0.15, 0.2) is 42.5 Å². The summed E-state index contributed by atoms with van der Waals surface area (Å²) in [5.41, 5.74) is 4.04. The Morgan fingerprint density at radius 1 is 1.17 bits per heavy atom. The second-order valence-corrected chi connectivity index (χ2v) is 6.41. The molecule has 0 heterocycles. The number of ether oxygens (including phenoxy) is 1. The number of carbonyl (C=O) groups is 1. The summed E-state index contributed by atoms with van der Waals surface area (Å²) in [5, 5.41) is 3.03. The number of rotatable bonds is 7. The summed E-state index contributed by atoms with van der Waals surface area (Å²) < 4.78 is 5.44. The van der Waals surface area contributed by atoms with E-state index >= 15 is 0 Å². The fourth-order valence-corrected chi connectivity index (χ4v) is 2.81. The Morgan fingerprint density at radius 3 is 2.50 bits per heavy atom. The van der Waals surface area contributed by atoms with Crippen molar-refractivity contribution in [1.29, 1.82) is 0 Å². The summed E-state index contributed by atoms with van der Waals surface area (Å²) in [5.74, 6) is 1.15. The molecule has 0 aromatic heterocycles. The van der Waals surface area contributed by atoms with Crippen molar-refractivity contribution in [3.05, 3.63) is 64.7 Å². The van der Waals surface area contributed by atoms with Crippen LogP contribution in [0.1, 0.15) is 53.2 Å². The van der Waals surface area contributed by atoms with Gasteiger partial charge in [-0.15, -0.1) is 0 Å². The molecule has 24 heavy (non-hydrogen) atoms. The van der Waals surface area contributed by atoms with Gasteiger partial charge in [0.1, 0.15) is 5.75 Å². The van der Waals surface area contributed by atoms with E-state index in [0.29, 0.717) is 12.5 Å².